The first kappa shape index (κ1) is 7.27. The van der Waals surface area contributed by atoms with Gasteiger partial charge in [0.25, 0.3) is 0 Å². The van der Waals surface area contributed by atoms with Crippen LogP contribution in [-0.2, 0) is 0 Å². The maximum Gasteiger partial charge on any atom is 0.0872 e. The van der Waals surface area contributed by atoms with E-state index in [0.29, 0.717) is 3.23 Å². The molecule has 0 aliphatic heterocycles. The van der Waals surface area contributed by atoms with Crippen LogP contribution in [0.4, 0.5) is 0 Å². The third-order valence-electron chi connectivity index (χ3n) is 6.26. The van der Waals surface area contributed by atoms with E-state index in [1.807, 2.05) is 0 Å². The second-order valence-electron chi connectivity index (χ2n) is 6.01. The Morgan fingerprint density at radius 3 is 1.69 bits per heavy atom. The van der Waals surface area contributed by atoms with E-state index in [0.717, 1.165) is 35.5 Å². The summed E-state index contributed by atoms with van der Waals surface area (Å²) in [7, 11) is 0. The van der Waals surface area contributed by atoms with Gasteiger partial charge in [-0.25, -0.2) is 0 Å². The number of rotatable bonds is 0. The van der Waals surface area contributed by atoms with Crippen molar-refractivity contribution in [2.45, 2.75) is 16.1 Å². The molecule has 6 fully saturated rings. The van der Waals surface area contributed by atoms with Crippen LogP contribution in [0.1, 0.15) is 12.8 Å². The Hall–Kier alpha value is 0.960. The normalized spacial score (nSPS) is 78.0. The van der Waals surface area contributed by atoms with Crippen molar-refractivity contribution in [1.82, 2.24) is 0 Å². The third-order valence-corrected chi connectivity index (χ3v) is 8.37. The van der Waals surface area contributed by atoms with Gasteiger partial charge in [0.05, 0.1) is 3.23 Å². The molecule has 0 radical (unpaired) electrons. The van der Waals surface area contributed by atoms with Crippen LogP contribution >= 0.6 is 31.9 Å². The molecule has 0 spiro atoms. The molecule has 0 heterocycles. The van der Waals surface area contributed by atoms with E-state index in [2.05, 4.69) is 31.9 Å². The quantitative estimate of drug-likeness (QED) is 0.603. The largest absolute Gasteiger partial charge is 0.0872 e. The van der Waals surface area contributed by atoms with Crippen LogP contribution in [-0.4, -0.2) is 3.23 Å². The molecular formula is C11H12Br2. The molecule has 6 rings (SSSR count). The lowest BCUT2D eigenvalue weighted by atomic mass is 9.71. The van der Waals surface area contributed by atoms with Gasteiger partial charge in [-0.15, -0.1) is 0 Å². The van der Waals surface area contributed by atoms with Crippen LogP contribution in [0.2, 0.25) is 0 Å². The van der Waals surface area contributed by atoms with Gasteiger partial charge in [-0.05, 0) is 60.2 Å². The molecule has 6 saturated carbocycles. The monoisotopic (exact) mass is 302 g/mol. The highest BCUT2D eigenvalue weighted by Crippen LogP contribution is 2.87. The van der Waals surface area contributed by atoms with Crippen molar-refractivity contribution in [3.8, 4) is 0 Å². The van der Waals surface area contributed by atoms with Crippen molar-refractivity contribution in [2.75, 3.05) is 0 Å². The van der Waals surface area contributed by atoms with Crippen LogP contribution in [0.5, 0.6) is 0 Å². The molecule has 0 N–H and O–H groups in total. The van der Waals surface area contributed by atoms with Crippen LogP contribution in [0.25, 0.3) is 0 Å². The minimum Gasteiger partial charge on any atom is -0.0721 e. The Labute approximate surface area is 95.1 Å². The molecule has 6 aliphatic carbocycles. The standard InChI is InChI=1S/C11H12Br2/c12-11(13)9-5-1-3-4-2-6(7(3)9)10(11)8(4)5/h3-10H,1-2H2/t3-,4+,5-,6-,7+,8-,9-,10-/m0/s1. The predicted molar refractivity (Wildman–Crippen MR) is 57.7 cm³/mol. The lowest BCUT2D eigenvalue weighted by Crippen LogP contribution is -2.30. The lowest BCUT2D eigenvalue weighted by Gasteiger charge is -2.33. The molecule has 6 aliphatic rings. The zero-order valence-corrected chi connectivity index (χ0v) is 10.5. The van der Waals surface area contributed by atoms with Gasteiger partial charge in [-0.3, -0.25) is 0 Å². The summed E-state index contributed by atoms with van der Waals surface area (Å²) in [6.45, 7) is 0. The van der Waals surface area contributed by atoms with Crippen LogP contribution in [0.15, 0.2) is 0 Å². The van der Waals surface area contributed by atoms with E-state index < -0.39 is 0 Å². The Bertz CT molecular complexity index is 294. The summed E-state index contributed by atoms with van der Waals surface area (Å²) in [6.07, 6.45) is 3.19. The third kappa shape index (κ3) is 0.480. The van der Waals surface area contributed by atoms with Gasteiger partial charge in [-0.2, -0.15) is 0 Å². The molecule has 6 bridgehead atoms. The molecule has 0 amide bonds. The second kappa shape index (κ2) is 1.71. The zero-order chi connectivity index (χ0) is 8.53. The highest BCUT2D eigenvalue weighted by molar-refractivity contribution is 9.25. The highest BCUT2D eigenvalue weighted by atomic mass is 79.9. The van der Waals surface area contributed by atoms with E-state index in [9.17, 15) is 0 Å². The fourth-order valence-corrected chi connectivity index (χ4v) is 9.11. The summed E-state index contributed by atoms with van der Waals surface area (Å²) in [6, 6.07) is 0. The van der Waals surface area contributed by atoms with Gasteiger partial charge in [0.1, 0.15) is 0 Å². The van der Waals surface area contributed by atoms with E-state index in [-0.39, 0.29) is 0 Å². The molecule has 0 unspecified atom stereocenters. The van der Waals surface area contributed by atoms with Crippen molar-refractivity contribution in [3.63, 3.8) is 0 Å². The minimum absolute atomic E-state index is 0.380. The molecule has 70 valence electrons. The number of hydrogen-bond acceptors (Lipinski definition) is 0. The van der Waals surface area contributed by atoms with Gasteiger partial charge in [0.15, 0.2) is 0 Å². The molecule has 0 saturated heterocycles. The summed E-state index contributed by atoms with van der Waals surface area (Å²) >= 11 is 8.01. The molecule has 0 aromatic heterocycles. The average Bonchev–Trinajstić information content (AvgIpc) is 2.71. The zero-order valence-electron chi connectivity index (χ0n) is 7.29. The molecule has 0 aromatic rings. The maximum atomic E-state index is 4.01. The molecule has 0 nitrogen and oxygen atoms in total. The molecule has 2 heteroatoms. The first-order valence-corrected chi connectivity index (χ1v) is 7.17. The van der Waals surface area contributed by atoms with Crippen LogP contribution in [0.3, 0.4) is 0 Å². The van der Waals surface area contributed by atoms with Gasteiger partial charge in [-0.1, -0.05) is 31.9 Å². The first-order valence-electron chi connectivity index (χ1n) is 5.59. The summed E-state index contributed by atoms with van der Waals surface area (Å²) in [5.74, 6) is 8.83. The van der Waals surface area contributed by atoms with Gasteiger partial charge < -0.3 is 0 Å². The highest BCUT2D eigenvalue weighted by Gasteiger charge is 2.83. The van der Waals surface area contributed by atoms with Crippen molar-refractivity contribution >= 4 is 31.9 Å². The maximum absolute atomic E-state index is 4.01. The molecule has 0 aromatic carbocycles. The Balaban J connectivity index is 1.88. The Kier molecular flexibility index (Phi) is 0.954. The summed E-state index contributed by atoms with van der Waals surface area (Å²) in [5, 5.41) is 0. The first-order chi connectivity index (χ1) is 6.21. The fourth-order valence-electron chi connectivity index (χ4n) is 6.53. The average molecular weight is 304 g/mol. The van der Waals surface area contributed by atoms with Crippen LogP contribution in [0, 0.1) is 47.3 Å². The van der Waals surface area contributed by atoms with Crippen LogP contribution < -0.4 is 0 Å². The van der Waals surface area contributed by atoms with Gasteiger partial charge in [0.2, 0.25) is 0 Å². The Morgan fingerprint density at radius 2 is 1.23 bits per heavy atom. The fraction of sp³-hybridized carbons (Fsp3) is 1.00. The smallest absolute Gasteiger partial charge is 0.0721 e. The summed E-state index contributed by atoms with van der Waals surface area (Å²) in [5.41, 5.74) is 0. The van der Waals surface area contributed by atoms with Crippen molar-refractivity contribution in [3.05, 3.63) is 0 Å². The van der Waals surface area contributed by atoms with E-state index >= 15 is 0 Å². The molecule has 8 atom stereocenters. The van der Waals surface area contributed by atoms with Crippen molar-refractivity contribution < 1.29 is 0 Å². The SMILES string of the molecule is BrC1(Br)[C@H]2[C@H]3C[C@H]4[C@H]5C[C@@H]([C@@H]42)[C@H]1[C@@H]53. The summed E-state index contributed by atoms with van der Waals surface area (Å²) in [4.78, 5) is 0. The summed E-state index contributed by atoms with van der Waals surface area (Å²) < 4.78 is 0.380. The Morgan fingerprint density at radius 1 is 0.769 bits per heavy atom. The molecular weight excluding hydrogens is 292 g/mol. The number of alkyl halides is 2. The second-order valence-corrected chi connectivity index (χ2v) is 9.70. The van der Waals surface area contributed by atoms with Gasteiger partial charge in [0, 0.05) is 0 Å². The van der Waals surface area contributed by atoms with Crippen molar-refractivity contribution in [2.24, 2.45) is 47.3 Å². The van der Waals surface area contributed by atoms with Gasteiger partial charge >= 0.3 is 0 Å². The minimum atomic E-state index is 0.380. The lowest BCUT2D eigenvalue weighted by molar-refractivity contribution is 0.132. The number of hydrogen-bond donors (Lipinski definition) is 0. The predicted octanol–water partition coefficient (Wildman–Crippen LogP) is 3.25. The van der Waals surface area contributed by atoms with E-state index in [1.54, 1.807) is 12.8 Å². The topological polar surface area (TPSA) is 0 Å². The molecule has 13 heavy (non-hydrogen) atoms. The van der Waals surface area contributed by atoms with E-state index in [4.69, 9.17) is 0 Å². The number of halogens is 2. The van der Waals surface area contributed by atoms with E-state index in [1.165, 1.54) is 11.8 Å². The van der Waals surface area contributed by atoms with Crippen molar-refractivity contribution in [1.29, 1.82) is 0 Å².